The van der Waals surface area contributed by atoms with Crippen LogP contribution in [0.2, 0.25) is 0 Å². The second-order valence-corrected chi connectivity index (χ2v) is 10.1. The van der Waals surface area contributed by atoms with Crippen LogP contribution in [-0.2, 0) is 0 Å². The molecule has 1 aliphatic rings. The van der Waals surface area contributed by atoms with Crippen molar-refractivity contribution in [3.63, 3.8) is 0 Å². The van der Waals surface area contributed by atoms with Gasteiger partial charge in [0.2, 0.25) is 0 Å². The third kappa shape index (κ3) is 4.68. The molecule has 38 heavy (non-hydrogen) atoms. The molecule has 0 radical (unpaired) electrons. The molecule has 0 unspecified atom stereocenters. The number of carbonyl (C=O) groups is 2. The number of rotatable bonds is 5. The Kier molecular flexibility index (Phi) is 6.43. The molecule has 5 aromatic rings. The number of nitrogens with one attached hydrogen (secondary N) is 1. The predicted molar refractivity (Wildman–Crippen MR) is 148 cm³/mol. The monoisotopic (exact) mass is 523 g/mol. The number of hydrogen-bond donors (Lipinski definition) is 1. The molecule has 1 N–H and O–H groups in total. The van der Waals surface area contributed by atoms with E-state index in [0.717, 1.165) is 39.7 Å². The first-order valence-corrected chi connectivity index (χ1v) is 13.3. The molecule has 2 aromatic carbocycles. The molecule has 1 fully saturated rings. The Bertz CT molecular complexity index is 1660. The van der Waals surface area contributed by atoms with Crippen molar-refractivity contribution in [2.24, 2.45) is 0 Å². The highest BCUT2D eigenvalue weighted by Gasteiger charge is 2.28. The summed E-state index contributed by atoms with van der Waals surface area (Å²) in [5.41, 5.74) is 3.11. The summed E-state index contributed by atoms with van der Waals surface area (Å²) in [5, 5.41) is 7.51. The van der Waals surface area contributed by atoms with E-state index in [2.05, 4.69) is 20.3 Å². The lowest BCUT2D eigenvalue weighted by molar-refractivity contribution is 0.0707. The normalized spacial score (nSPS) is 14.1. The maximum atomic E-state index is 13.2. The molecule has 3 aromatic heterocycles. The molecule has 0 bridgehead atoms. The zero-order chi connectivity index (χ0) is 26.1. The molecular weight excluding hydrogens is 498 g/mol. The van der Waals surface area contributed by atoms with E-state index in [0.29, 0.717) is 35.9 Å². The highest BCUT2D eigenvalue weighted by molar-refractivity contribution is 7.10. The number of methoxy groups -OCH3 is 1. The summed E-state index contributed by atoms with van der Waals surface area (Å²) in [5.74, 6) is 0.510. The van der Waals surface area contributed by atoms with Crippen molar-refractivity contribution in [3.8, 4) is 5.75 Å². The molecule has 1 aliphatic heterocycles. The Morgan fingerprint density at radius 3 is 2.66 bits per heavy atom. The predicted octanol–water partition coefficient (Wildman–Crippen LogP) is 5.52. The Morgan fingerprint density at radius 2 is 1.82 bits per heavy atom. The average molecular weight is 524 g/mol. The molecular formula is C29H25N5O3S. The van der Waals surface area contributed by atoms with Crippen LogP contribution in [0.3, 0.4) is 0 Å². The summed E-state index contributed by atoms with van der Waals surface area (Å²) in [6.45, 7) is 1.21. The molecule has 6 rings (SSSR count). The van der Waals surface area contributed by atoms with Gasteiger partial charge in [-0.3, -0.25) is 14.6 Å². The molecule has 0 spiro atoms. The number of benzene rings is 2. The molecule has 0 saturated carbocycles. The van der Waals surface area contributed by atoms with Gasteiger partial charge in [-0.05, 0) is 49.2 Å². The van der Waals surface area contributed by atoms with Crippen molar-refractivity contribution in [1.82, 2.24) is 19.9 Å². The number of hydrogen-bond acceptors (Lipinski definition) is 7. The number of para-hydroxylation sites is 1. The van der Waals surface area contributed by atoms with Crippen LogP contribution >= 0.6 is 11.3 Å². The van der Waals surface area contributed by atoms with Gasteiger partial charge in [0.15, 0.2) is 0 Å². The zero-order valence-electron chi connectivity index (χ0n) is 20.8. The third-order valence-corrected chi connectivity index (χ3v) is 7.87. The number of anilines is 1. The number of likely N-dealkylation sites (tertiary alicyclic amines) is 1. The first-order chi connectivity index (χ1) is 18.6. The SMILES string of the molecule is COc1cc(C(=O)N2CCC(c3nc(C(=O)Nc4ccc5ncccc5c4)cs3)CC2)nc2ccccc12. The first kappa shape index (κ1) is 24.0. The van der Waals surface area contributed by atoms with E-state index in [-0.39, 0.29) is 17.7 Å². The second-order valence-electron chi connectivity index (χ2n) is 9.23. The molecule has 0 atom stereocenters. The summed E-state index contributed by atoms with van der Waals surface area (Å²) in [7, 11) is 1.60. The average Bonchev–Trinajstić information content (AvgIpc) is 3.47. The number of nitrogens with zero attached hydrogens (tertiary/aromatic N) is 4. The minimum absolute atomic E-state index is 0.0997. The van der Waals surface area contributed by atoms with Gasteiger partial charge in [-0.1, -0.05) is 18.2 Å². The van der Waals surface area contributed by atoms with E-state index in [1.165, 1.54) is 11.3 Å². The lowest BCUT2D eigenvalue weighted by Crippen LogP contribution is -2.38. The van der Waals surface area contributed by atoms with Crippen LogP contribution in [-0.4, -0.2) is 51.9 Å². The van der Waals surface area contributed by atoms with Crippen LogP contribution in [0.25, 0.3) is 21.8 Å². The van der Waals surface area contributed by atoms with E-state index in [4.69, 9.17) is 4.74 Å². The smallest absolute Gasteiger partial charge is 0.275 e. The lowest BCUT2D eigenvalue weighted by Gasteiger charge is -2.31. The van der Waals surface area contributed by atoms with Gasteiger partial charge < -0.3 is 15.0 Å². The van der Waals surface area contributed by atoms with Crippen molar-refractivity contribution >= 4 is 50.6 Å². The van der Waals surface area contributed by atoms with E-state index < -0.39 is 0 Å². The molecule has 190 valence electrons. The van der Waals surface area contributed by atoms with Crippen LogP contribution in [0, 0.1) is 0 Å². The topological polar surface area (TPSA) is 97.3 Å². The maximum Gasteiger partial charge on any atom is 0.275 e. The fourth-order valence-corrected chi connectivity index (χ4v) is 5.81. The standard InChI is InChI=1S/C29H25N5O3S/c1-37-26-16-24(32-23-7-3-2-6-21(23)26)29(36)34-13-10-18(11-14-34)28-33-25(17-38-28)27(35)31-20-8-9-22-19(15-20)5-4-12-30-22/h2-9,12,15-18H,10-11,13-14H2,1H3,(H,31,35). The molecule has 8 nitrogen and oxygen atoms in total. The number of fused-ring (bicyclic) bond motifs is 2. The van der Waals surface area contributed by atoms with Crippen LogP contribution in [0.15, 0.2) is 72.2 Å². The van der Waals surface area contributed by atoms with Gasteiger partial charge in [-0.25, -0.2) is 9.97 Å². The molecule has 4 heterocycles. The van der Waals surface area contributed by atoms with Gasteiger partial charge in [0.1, 0.15) is 17.1 Å². The Labute approximate surface area is 223 Å². The number of aromatic nitrogens is 3. The minimum Gasteiger partial charge on any atom is -0.496 e. The lowest BCUT2D eigenvalue weighted by atomic mass is 9.97. The van der Waals surface area contributed by atoms with Gasteiger partial charge in [0.05, 0.1) is 23.2 Å². The highest BCUT2D eigenvalue weighted by atomic mass is 32.1. The largest absolute Gasteiger partial charge is 0.496 e. The van der Waals surface area contributed by atoms with Gasteiger partial charge >= 0.3 is 0 Å². The summed E-state index contributed by atoms with van der Waals surface area (Å²) in [6, 6.07) is 18.8. The summed E-state index contributed by atoms with van der Waals surface area (Å²) in [4.78, 5) is 41.4. The number of piperidine rings is 1. The molecule has 1 saturated heterocycles. The summed E-state index contributed by atoms with van der Waals surface area (Å²) < 4.78 is 5.51. The quantitative estimate of drug-likeness (QED) is 0.326. The van der Waals surface area contributed by atoms with E-state index in [1.807, 2.05) is 59.5 Å². The van der Waals surface area contributed by atoms with Gasteiger partial charge in [-0.2, -0.15) is 0 Å². The Balaban J connectivity index is 1.10. The summed E-state index contributed by atoms with van der Waals surface area (Å²) >= 11 is 1.50. The Morgan fingerprint density at radius 1 is 0.974 bits per heavy atom. The molecule has 2 amide bonds. The van der Waals surface area contributed by atoms with Gasteiger partial charge in [0.25, 0.3) is 11.8 Å². The van der Waals surface area contributed by atoms with Crippen molar-refractivity contribution in [1.29, 1.82) is 0 Å². The zero-order valence-corrected chi connectivity index (χ0v) is 21.6. The fourth-order valence-electron chi connectivity index (χ4n) is 4.84. The third-order valence-electron chi connectivity index (χ3n) is 6.86. The summed E-state index contributed by atoms with van der Waals surface area (Å²) in [6.07, 6.45) is 3.31. The van der Waals surface area contributed by atoms with Crippen LogP contribution in [0.1, 0.15) is 44.7 Å². The highest BCUT2D eigenvalue weighted by Crippen LogP contribution is 2.32. The maximum absolute atomic E-state index is 13.2. The van der Waals surface area contributed by atoms with E-state index in [9.17, 15) is 9.59 Å². The molecule has 9 heteroatoms. The second kappa shape index (κ2) is 10.2. The van der Waals surface area contributed by atoms with Crippen molar-refractivity contribution in [2.75, 3.05) is 25.5 Å². The van der Waals surface area contributed by atoms with E-state index in [1.54, 1.807) is 24.8 Å². The minimum atomic E-state index is -0.236. The number of ether oxygens (including phenoxy) is 1. The van der Waals surface area contributed by atoms with Crippen molar-refractivity contribution in [2.45, 2.75) is 18.8 Å². The van der Waals surface area contributed by atoms with Crippen LogP contribution < -0.4 is 10.1 Å². The fraction of sp³-hybridized carbons (Fsp3) is 0.207. The first-order valence-electron chi connectivity index (χ1n) is 12.4. The Hall–Kier alpha value is -4.37. The number of amides is 2. The van der Waals surface area contributed by atoms with Gasteiger partial charge in [-0.15, -0.1) is 11.3 Å². The van der Waals surface area contributed by atoms with Crippen LogP contribution in [0.5, 0.6) is 5.75 Å². The number of carbonyl (C=O) groups excluding carboxylic acids is 2. The van der Waals surface area contributed by atoms with Crippen LogP contribution in [0.4, 0.5) is 5.69 Å². The van der Waals surface area contributed by atoms with E-state index >= 15 is 0 Å². The van der Waals surface area contributed by atoms with Crippen molar-refractivity contribution in [3.05, 3.63) is 88.6 Å². The number of thiazole rings is 1. The van der Waals surface area contributed by atoms with Crippen molar-refractivity contribution < 1.29 is 14.3 Å². The number of pyridine rings is 2. The molecule has 0 aliphatic carbocycles. The van der Waals surface area contributed by atoms with Gasteiger partial charge in [0, 0.05) is 53.1 Å².